The normalized spacial score (nSPS) is 17.4. The van der Waals surface area contributed by atoms with Crippen LogP contribution in [0.25, 0.3) is 0 Å². The van der Waals surface area contributed by atoms with Crippen LogP contribution in [0.2, 0.25) is 0 Å². The van der Waals surface area contributed by atoms with Gasteiger partial charge in [0, 0.05) is 18.7 Å². The Morgan fingerprint density at radius 2 is 2.12 bits per heavy atom. The van der Waals surface area contributed by atoms with E-state index < -0.39 is 6.09 Å². The average molecular weight is 338 g/mol. The smallest absolute Gasteiger partial charge is 0.410 e. The van der Waals surface area contributed by atoms with E-state index in [0.29, 0.717) is 32.1 Å². The van der Waals surface area contributed by atoms with Crippen LogP contribution in [-0.2, 0) is 14.3 Å². The summed E-state index contributed by atoms with van der Waals surface area (Å²) in [7, 11) is 0. The van der Waals surface area contributed by atoms with Gasteiger partial charge in [0.15, 0.2) is 0 Å². The van der Waals surface area contributed by atoms with Gasteiger partial charge >= 0.3 is 6.09 Å². The number of nitrogens with one attached hydrogen (secondary N) is 1. The molecule has 1 N–H and O–H groups in total. The van der Waals surface area contributed by atoms with Gasteiger partial charge in [-0.15, -0.1) is 0 Å². The molecule has 1 atom stereocenters. The van der Waals surface area contributed by atoms with Crippen molar-refractivity contribution in [3.8, 4) is 0 Å². The second kappa shape index (κ2) is 9.22. The van der Waals surface area contributed by atoms with Crippen molar-refractivity contribution in [2.45, 2.75) is 32.2 Å². The van der Waals surface area contributed by atoms with E-state index in [4.69, 9.17) is 9.47 Å². The molecular formula is C17H23FN2O4. The molecule has 1 aliphatic heterocycles. The maximum absolute atomic E-state index is 12.9. The number of benzene rings is 1. The highest BCUT2D eigenvalue weighted by atomic mass is 19.1. The van der Waals surface area contributed by atoms with Gasteiger partial charge in [-0.25, -0.2) is 9.18 Å². The Morgan fingerprint density at radius 1 is 1.38 bits per heavy atom. The van der Waals surface area contributed by atoms with E-state index >= 15 is 0 Å². The van der Waals surface area contributed by atoms with E-state index in [2.05, 4.69) is 5.32 Å². The van der Waals surface area contributed by atoms with Gasteiger partial charge < -0.3 is 19.7 Å². The number of hydrogen-bond acceptors (Lipinski definition) is 4. The van der Waals surface area contributed by atoms with Crippen molar-refractivity contribution in [3.05, 3.63) is 30.1 Å². The first-order chi connectivity index (χ1) is 11.6. The van der Waals surface area contributed by atoms with Crippen molar-refractivity contribution >= 4 is 17.7 Å². The highest BCUT2D eigenvalue weighted by Gasteiger charge is 2.30. The van der Waals surface area contributed by atoms with Crippen molar-refractivity contribution in [1.29, 1.82) is 0 Å². The Hall–Kier alpha value is -2.15. The van der Waals surface area contributed by atoms with E-state index in [0.717, 1.165) is 12.8 Å². The predicted octanol–water partition coefficient (Wildman–Crippen LogP) is 2.79. The van der Waals surface area contributed by atoms with Gasteiger partial charge in [0.05, 0.1) is 25.9 Å². The van der Waals surface area contributed by atoms with Gasteiger partial charge in [-0.05, 0) is 30.7 Å². The second-order valence-electron chi connectivity index (χ2n) is 5.65. The zero-order valence-electron chi connectivity index (χ0n) is 13.8. The number of carbonyl (C=O) groups is 2. The molecule has 0 radical (unpaired) electrons. The van der Waals surface area contributed by atoms with Gasteiger partial charge in [-0.3, -0.25) is 4.79 Å². The number of hydrogen-bond donors (Lipinski definition) is 1. The quantitative estimate of drug-likeness (QED) is 0.810. The fourth-order valence-electron chi connectivity index (χ4n) is 2.41. The zero-order valence-corrected chi connectivity index (χ0v) is 13.8. The molecular weight excluding hydrogens is 315 g/mol. The van der Waals surface area contributed by atoms with Crippen LogP contribution in [-0.4, -0.2) is 49.3 Å². The summed E-state index contributed by atoms with van der Waals surface area (Å²) in [5, 5.41) is 2.69. The maximum atomic E-state index is 12.9. The first-order valence-electron chi connectivity index (χ1n) is 8.16. The summed E-state index contributed by atoms with van der Waals surface area (Å²) in [5.74, 6) is -0.627. The van der Waals surface area contributed by atoms with Gasteiger partial charge in [0.2, 0.25) is 5.91 Å². The molecule has 0 aliphatic carbocycles. The van der Waals surface area contributed by atoms with Crippen LogP contribution in [0.5, 0.6) is 0 Å². The first kappa shape index (κ1) is 18.2. The summed E-state index contributed by atoms with van der Waals surface area (Å²) in [6, 6.07) is 5.16. The molecule has 1 aromatic rings. The molecule has 6 nitrogen and oxygen atoms in total. The largest absolute Gasteiger partial charge is 0.449 e. The third-order valence-electron chi connectivity index (χ3n) is 3.73. The zero-order chi connectivity index (χ0) is 17.4. The lowest BCUT2D eigenvalue weighted by atomic mass is 10.1. The number of amides is 2. The summed E-state index contributed by atoms with van der Waals surface area (Å²) in [5.41, 5.74) is 0.509. The minimum atomic E-state index is -0.411. The number of unbranched alkanes of at least 4 members (excludes halogenated alkanes) is 1. The van der Waals surface area contributed by atoms with Gasteiger partial charge in [-0.2, -0.15) is 0 Å². The van der Waals surface area contributed by atoms with Crippen LogP contribution in [0.3, 0.4) is 0 Å². The highest BCUT2D eigenvalue weighted by Crippen LogP contribution is 2.15. The molecule has 1 aromatic carbocycles. The third-order valence-corrected chi connectivity index (χ3v) is 3.73. The Bertz CT molecular complexity index is 550. The Balaban J connectivity index is 1.88. The van der Waals surface area contributed by atoms with Crippen LogP contribution in [0.1, 0.15) is 26.2 Å². The van der Waals surface area contributed by atoms with Crippen molar-refractivity contribution in [2.75, 3.05) is 31.7 Å². The molecule has 0 aromatic heterocycles. The molecule has 1 unspecified atom stereocenters. The van der Waals surface area contributed by atoms with Gasteiger partial charge in [0.1, 0.15) is 5.82 Å². The lowest BCUT2D eigenvalue weighted by Crippen LogP contribution is -2.50. The molecule has 24 heavy (non-hydrogen) atoms. The third kappa shape index (κ3) is 5.49. The SMILES string of the molecule is CCCCOC(=O)N1CCOCC1CC(=O)Nc1ccc(F)cc1. The number of anilines is 1. The fourth-order valence-corrected chi connectivity index (χ4v) is 2.41. The molecule has 7 heteroatoms. The molecule has 1 fully saturated rings. The Kier molecular flexibility index (Phi) is 6.99. The van der Waals surface area contributed by atoms with E-state index in [1.807, 2.05) is 6.92 Å². The molecule has 0 bridgehead atoms. The van der Waals surface area contributed by atoms with Crippen LogP contribution < -0.4 is 5.32 Å². The van der Waals surface area contributed by atoms with Crippen molar-refractivity contribution in [1.82, 2.24) is 4.90 Å². The van der Waals surface area contributed by atoms with Gasteiger partial charge in [-0.1, -0.05) is 13.3 Å². The van der Waals surface area contributed by atoms with Gasteiger partial charge in [0.25, 0.3) is 0 Å². The first-order valence-corrected chi connectivity index (χ1v) is 8.16. The summed E-state index contributed by atoms with van der Waals surface area (Å²) in [6.45, 7) is 3.52. The summed E-state index contributed by atoms with van der Waals surface area (Å²) in [4.78, 5) is 25.8. The molecule has 1 saturated heterocycles. The maximum Gasteiger partial charge on any atom is 0.410 e. The molecule has 0 spiro atoms. The standard InChI is InChI=1S/C17H23FN2O4/c1-2-3-9-24-17(22)20-8-10-23-12-15(20)11-16(21)19-14-6-4-13(18)5-7-14/h4-7,15H,2-3,8-12H2,1H3,(H,19,21). The van der Waals surface area contributed by atoms with Crippen molar-refractivity contribution in [2.24, 2.45) is 0 Å². The highest BCUT2D eigenvalue weighted by molar-refractivity contribution is 5.91. The van der Waals surface area contributed by atoms with Crippen LogP contribution >= 0.6 is 0 Å². The molecule has 1 aliphatic rings. The Morgan fingerprint density at radius 3 is 2.83 bits per heavy atom. The Labute approximate surface area is 140 Å². The minimum Gasteiger partial charge on any atom is -0.449 e. The minimum absolute atomic E-state index is 0.0975. The van der Waals surface area contributed by atoms with E-state index in [1.165, 1.54) is 24.3 Å². The van der Waals surface area contributed by atoms with Crippen molar-refractivity contribution < 1.29 is 23.5 Å². The molecule has 1 heterocycles. The van der Waals surface area contributed by atoms with E-state index in [1.54, 1.807) is 4.90 Å². The molecule has 2 rings (SSSR count). The summed E-state index contributed by atoms with van der Waals surface area (Å²) in [6.07, 6.45) is 1.44. The van der Waals surface area contributed by atoms with Crippen molar-refractivity contribution in [3.63, 3.8) is 0 Å². The van der Waals surface area contributed by atoms with Crippen LogP contribution in [0, 0.1) is 5.82 Å². The van der Waals surface area contributed by atoms with Crippen LogP contribution in [0.15, 0.2) is 24.3 Å². The number of halogens is 1. The average Bonchev–Trinajstić information content (AvgIpc) is 2.57. The number of ether oxygens (including phenoxy) is 2. The fraction of sp³-hybridized carbons (Fsp3) is 0.529. The summed E-state index contributed by atoms with van der Waals surface area (Å²) < 4.78 is 23.5. The second-order valence-corrected chi connectivity index (χ2v) is 5.65. The molecule has 132 valence electrons. The van der Waals surface area contributed by atoms with E-state index in [-0.39, 0.29) is 24.2 Å². The topological polar surface area (TPSA) is 67.9 Å². The lowest BCUT2D eigenvalue weighted by Gasteiger charge is -2.34. The monoisotopic (exact) mass is 338 g/mol. The predicted molar refractivity (Wildman–Crippen MR) is 87.2 cm³/mol. The number of rotatable bonds is 6. The number of morpholine rings is 1. The lowest BCUT2D eigenvalue weighted by molar-refractivity contribution is -0.118. The number of carbonyl (C=O) groups excluding carboxylic acids is 2. The molecule has 0 saturated carbocycles. The van der Waals surface area contributed by atoms with E-state index in [9.17, 15) is 14.0 Å². The summed E-state index contributed by atoms with van der Waals surface area (Å²) >= 11 is 0. The van der Waals surface area contributed by atoms with Crippen LogP contribution in [0.4, 0.5) is 14.9 Å². The number of nitrogens with zero attached hydrogens (tertiary/aromatic N) is 1. The molecule has 2 amide bonds.